The lowest BCUT2D eigenvalue weighted by Gasteiger charge is -2.26. The number of carbonyl (C=O) groups excluding carboxylic acids is 1. The topological polar surface area (TPSA) is 29.1 Å². The zero-order valence-electron chi connectivity index (χ0n) is 6.33. The third kappa shape index (κ3) is 1.37. The predicted octanol–water partition coefficient (Wildman–Crippen LogP) is 1.51. The Kier molecular flexibility index (Phi) is 1.89. The first kappa shape index (κ1) is 7.80. The molecule has 3 heteroatoms. The molecule has 1 amide bonds. The Hall–Kier alpha value is -0.830. The van der Waals surface area contributed by atoms with Crippen LogP contribution in [0.4, 0.5) is 0 Å². The second-order valence-electron chi connectivity index (χ2n) is 2.88. The molecule has 1 N–H and O–H groups in total. The Morgan fingerprint density at radius 1 is 1.33 bits per heavy atom. The third-order valence-electron chi connectivity index (χ3n) is 2.01. The molecule has 1 aliphatic heterocycles. The number of halogens is 1. The molecule has 1 aliphatic carbocycles. The van der Waals surface area contributed by atoms with Gasteiger partial charge in [0.05, 0.1) is 6.04 Å². The van der Waals surface area contributed by atoms with Crippen LogP contribution in [0.3, 0.4) is 0 Å². The molecule has 0 aromatic rings. The van der Waals surface area contributed by atoms with Crippen molar-refractivity contribution in [2.45, 2.75) is 6.04 Å². The first-order valence-electron chi connectivity index (χ1n) is 3.80. The minimum atomic E-state index is -0.00711. The number of allylic oxidation sites excluding steroid dienone is 2. The lowest BCUT2D eigenvalue weighted by Crippen LogP contribution is -2.40. The summed E-state index contributed by atoms with van der Waals surface area (Å²) >= 11 is 3.39. The molecule has 0 aromatic carbocycles. The van der Waals surface area contributed by atoms with Crippen LogP contribution in [0.25, 0.3) is 0 Å². The molecular weight excluding hydrogens is 218 g/mol. The van der Waals surface area contributed by atoms with Gasteiger partial charge in [0.25, 0.3) is 0 Å². The summed E-state index contributed by atoms with van der Waals surface area (Å²) in [6.45, 7) is 0. The fraction of sp³-hybridized carbons (Fsp3) is 0.222. The number of fused-ring (bicyclic) bond motifs is 1. The molecule has 62 valence electrons. The van der Waals surface area contributed by atoms with Crippen LogP contribution in [-0.2, 0) is 4.79 Å². The van der Waals surface area contributed by atoms with Gasteiger partial charge < -0.3 is 5.32 Å². The molecule has 0 bridgehead atoms. The summed E-state index contributed by atoms with van der Waals surface area (Å²) in [6, 6.07) is 0.142. The molecule has 2 nitrogen and oxygen atoms in total. The van der Waals surface area contributed by atoms with Gasteiger partial charge in [-0.1, -0.05) is 40.2 Å². The molecule has 0 fully saturated rings. The number of carbonyl (C=O) groups is 1. The van der Waals surface area contributed by atoms with Crippen molar-refractivity contribution in [2.24, 2.45) is 5.92 Å². The highest BCUT2D eigenvalue weighted by Crippen LogP contribution is 2.23. The van der Waals surface area contributed by atoms with Gasteiger partial charge in [0.2, 0.25) is 5.91 Å². The molecule has 0 saturated heterocycles. The van der Waals surface area contributed by atoms with E-state index in [0.717, 1.165) is 4.48 Å². The van der Waals surface area contributed by atoms with Crippen molar-refractivity contribution in [1.82, 2.24) is 5.32 Å². The second-order valence-corrected chi connectivity index (χ2v) is 3.80. The van der Waals surface area contributed by atoms with Crippen LogP contribution in [0.1, 0.15) is 0 Å². The summed E-state index contributed by atoms with van der Waals surface area (Å²) in [5.74, 6) is 0.300. The molecule has 0 unspecified atom stereocenters. The molecule has 2 aliphatic rings. The van der Waals surface area contributed by atoms with Crippen LogP contribution in [0.2, 0.25) is 0 Å². The smallest absolute Gasteiger partial charge is 0.244 e. The number of rotatable bonds is 0. The summed E-state index contributed by atoms with van der Waals surface area (Å²) in [4.78, 5) is 10.9. The molecule has 12 heavy (non-hydrogen) atoms. The molecule has 2 rings (SSSR count). The van der Waals surface area contributed by atoms with Gasteiger partial charge in [0, 0.05) is 10.4 Å². The van der Waals surface area contributed by atoms with E-state index >= 15 is 0 Å². The van der Waals surface area contributed by atoms with Crippen molar-refractivity contribution in [3.05, 3.63) is 34.9 Å². The quantitative estimate of drug-likeness (QED) is 0.666. The van der Waals surface area contributed by atoms with Crippen molar-refractivity contribution in [2.75, 3.05) is 0 Å². The largest absolute Gasteiger partial charge is 0.345 e. The van der Waals surface area contributed by atoms with E-state index in [2.05, 4.69) is 27.3 Å². The van der Waals surface area contributed by atoms with E-state index in [1.165, 1.54) is 0 Å². The number of nitrogens with one attached hydrogen (secondary N) is 1. The molecular formula is C9H8BrNO. The SMILES string of the molecule is O=C1C=C[C@@H]2C=C(Br)C=C[C@@H]2N1. The van der Waals surface area contributed by atoms with Crippen molar-refractivity contribution in [3.63, 3.8) is 0 Å². The van der Waals surface area contributed by atoms with E-state index in [0.29, 0.717) is 5.92 Å². The van der Waals surface area contributed by atoms with Crippen molar-refractivity contribution >= 4 is 21.8 Å². The molecule has 0 saturated carbocycles. The molecule has 0 spiro atoms. The van der Waals surface area contributed by atoms with Crippen LogP contribution in [0, 0.1) is 5.92 Å². The average molecular weight is 226 g/mol. The summed E-state index contributed by atoms with van der Waals surface area (Å²) in [7, 11) is 0. The van der Waals surface area contributed by atoms with Crippen LogP contribution in [0.5, 0.6) is 0 Å². The minimum Gasteiger partial charge on any atom is -0.345 e. The van der Waals surface area contributed by atoms with Gasteiger partial charge in [-0.25, -0.2) is 0 Å². The highest BCUT2D eigenvalue weighted by Gasteiger charge is 2.22. The van der Waals surface area contributed by atoms with E-state index in [4.69, 9.17) is 0 Å². The van der Waals surface area contributed by atoms with Gasteiger partial charge >= 0.3 is 0 Å². The highest BCUT2D eigenvalue weighted by atomic mass is 79.9. The van der Waals surface area contributed by atoms with Crippen molar-refractivity contribution < 1.29 is 4.79 Å². The second kappa shape index (κ2) is 2.90. The van der Waals surface area contributed by atoms with Gasteiger partial charge in [0.1, 0.15) is 0 Å². The monoisotopic (exact) mass is 225 g/mol. The number of amides is 1. The summed E-state index contributed by atoms with van der Waals surface area (Å²) < 4.78 is 1.07. The summed E-state index contributed by atoms with van der Waals surface area (Å²) in [6.07, 6.45) is 9.54. The zero-order chi connectivity index (χ0) is 8.55. The summed E-state index contributed by atoms with van der Waals surface area (Å²) in [5, 5.41) is 2.86. The zero-order valence-corrected chi connectivity index (χ0v) is 7.91. The maximum absolute atomic E-state index is 10.9. The van der Waals surface area contributed by atoms with E-state index in [-0.39, 0.29) is 11.9 Å². The van der Waals surface area contributed by atoms with Crippen molar-refractivity contribution in [3.8, 4) is 0 Å². The first-order valence-corrected chi connectivity index (χ1v) is 4.59. The fourth-order valence-corrected chi connectivity index (χ4v) is 1.86. The maximum atomic E-state index is 10.9. The molecule has 2 atom stereocenters. The van der Waals surface area contributed by atoms with Gasteiger partial charge in [-0.3, -0.25) is 4.79 Å². The molecule has 1 heterocycles. The normalized spacial score (nSPS) is 32.4. The van der Waals surface area contributed by atoms with Gasteiger partial charge in [-0.05, 0) is 6.08 Å². The Labute approximate surface area is 79.2 Å². The Morgan fingerprint density at radius 3 is 3.00 bits per heavy atom. The fourth-order valence-electron chi connectivity index (χ4n) is 1.40. The molecule has 0 radical (unpaired) electrons. The first-order chi connectivity index (χ1) is 5.75. The lowest BCUT2D eigenvalue weighted by atomic mass is 9.92. The van der Waals surface area contributed by atoms with Gasteiger partial charge in [0.15, 0.2) is 0 Å². The average Bonchev–Trinajstić information content (AvgIpc) is 2.05. The standard InChI is InChI=1S/C9H8BrNO/c10-7-2-3-8-6(5-7)1-4-9(12)11-8/h1-6,8H,(H,11,12)/t6-,8+/m1/s1. The van der Waals surface area contributed by atoms with Gasteiger partial charge in [-0.15, -0.1) is 0 Å². The summed E-state index contributed by atoms with van der Waals surface area (Å²) in [5.41, 5.74) is 0. The third-order valence-corrected chi connectivity index (χ3v) is 2.54. The Balaban J connectivity index is 2.27. The number of hydrogen-bond acceptors (Lipinski definition) is 1. The minimum absolute atomic E-state index is 0.00711. The van der Waals surface area contributed by atoms with Crippen LogP contribution < -0.4 is 5.32 Å². The van der Waals surface area contributed by atoms with E-state index in [1.54, 1.807) is 6.08 Å². The van der Waals surface area contributed by atoms with Gasteiger partial charge in [-0.2, -0.15) is 0 Å². The maximum Gasteiger partial charge on any atom is 0.244 e. The van der Waals surface area contributed by atoms with E-state index in [9.17, 15) is 4.79 Å². The van der Waals surface area contributed by atoms with Crippen LogP contribution in [-0.4, -0.2) is 11.9 Å². The van der Waals surface area contributed by atoms with Crippen molar-refractivity contribution in [1.29, 1.82) is 0 Å². The van der Waals surface area contributed by atoms with E-state index < -0.39 is 0 Å². The van der Waals surface area contributed by atoms with Crippen LogP contribution >= 0.6 is 15.9 Å². The number of hydrogen-bond donors (Lipinski definition) is 1. The predicted molar refractivity (Wildman–Crippen MR) is 50.7 cm³/mol. The Morgan fingerprint density at radius 2 is 2.17 bits per heavy atom. The van der Waals surface area contributed by atoms with Crippen LogP contribution in [0.15, 0.2) is 34.9 Å². The molecule has 0 aromatic heterocycles. The lowest BCUT2D eigenvalue weighted by molar-refractivity contribution is -0.117. The van der Waals surface area contributed by atoms with E-state index in [1.807, 2.05) is 18.2 Å². The highest BCUT2D eigenvalue weighted by molar-refractivity contribution is 9.11. The Bertz CT molecular complexity index is 304.